The SMILES string of the molecule is CC1CC2(CCN(c3ncc(Br)c4nncn34)CC2)C1. The molecule has 1 spiro atoms. The molecule has 0 bridgehead atoms. The van der Waals surface area contributed by atoms with E-state index in [0.29, 0.717) is 5.41 Å². The molecule has 1 saturated heterocycles. The van der Waals surface area contributed by atoms with E-state index in [1.165, 1.54) is 25.7 Å². The molecule has 20 heavy (non-hydrogen) atoms. The van der Waals surface area contributed by atoms with E-state index in [1.807, 2.05) is 10.6 Å². The molecule has 5 nitrogen and oxygen atoms in total. The predicted molar refractivity (Wildman–Crippen MR) is 80.8 cm³/mol. The molecular formula is C14H18BrN5. The average Bonchev–Trinajstić information content (AvgIpc) is 2.89. The molecule has 3 heterocycles. The second kappa shape index (κ2) is 4.41. The molecule has 2 aliphatic rings. The van der Waals surface area contributed by atoms with E-state index in [0.717, 1.165) is 35.1 Å². The summed E-state index contributed by atoms with van der Waals surface area (Å²) >= 11 is 3.47. The molecule has 0 radical (unpaired) electrons. The number of piperidine rings is 1. The summed E-state index contributed by atoms with van der Waals surface area (Å²) in [6.45, 7) is 4.55. The van der Waals surface area contributed by atoms with E-state index in [1.54, 1.807) is 6.33 Å². The highest BCUT2D eigenvalue weighted by Crippen LogP contribution is 2.52. The van der Waals surface area contributed by atoms with Crippen molar-refractivity contribution in [2.45, 2.75) is 32.6 Å². The van der Waals surface area contributed by atoms with Gasteiger partial charge < -0.3 is 4.90 Å². The van der Waals surface area contributed by atoms with Gasteiger partial charge in [-0.2, -0.15) is 0 Å². The van der Waals surface area contributed by atoms with Gasteiger partial charge in [-0.05, 0) is 52.9 Å². The van der Waals surface area contributed by atoms with Crippen molar-refractivity contribution in [2.24, 2.45) is 11.3 Å². The van der Waals surface area contributed by atoms with Crippen LogP contribution in [0, 0.1) is 11.3 Å². The van der Waals surface area contributed by atoms with Gasteiger partial charge in [0.05, 0.1) is 4.47 Å². The first-order chi connectivity index (χ1) is 9.67. The first kappa shape index (κ1) is 12.6. The summed E-state index contributed by atoms with van der Waals surface area (Å²) in [5.41, 5.74) is 1.48. The topological polar surface area (TPSA) is 46.3 Å². The lowest BCUT2D eigenvalue weighted by Crippen LogP contribution is -2.47. The number of fused-ring (bicyclic) bond motifs is 1. The minimum absolute atomic E-state index is 0.636. The maximum atomic E-state index is 4.57. The highest BCUT2D eigenvalue weighted by Gasteiger charge is 2.44. The molecule has 4 rings (SSSR count). The van der Waals surface area contributed by atoms with Crippen LogP contribution < -0.4 is 4.90 Å². The number of nitrogens with zero attached hydrogens (tertiary/aromatic N) is 5. The minimum atomic E-state index is 0.636. The molecule has 2 aromatic rings. The Balaban J connectivity index is 1.59. The van der Waals surface area contributed by atoms with Crippen molar-refractivity contribution < 1.29 is 0 Å². The normalized spacial score (nSPS) is 22.4. The molecule has 2 fully saturated rings. The van der Waals surface area contributed by atoms with Crippen molar-refractivity contribution in [3.8, 4) is 0 Å². The summed E-state index contributed by atoms with van der Waals surface area (Å²) in [7, 11) is 0. The molecular weight excluding hydrogens is 318 g/mol. The van der Waals surface area contributed by atoms with E-state index in [2.05, 4.69) is 42.9 Å². The van der Waals surface area contributed by atoms with Gasteiger partial charge in [-0.25, -0.2) is 9.38 Å². The molecule has 6 heteroatoms. The van der Waals surface area contributed by atoms with Crippen molar-refractivity contribution in [1.82, 2.24) is 19.6 Å². The minimum Gasteiger partial charge on any atom is -0.342 e. The Labute approximate surface area is 126 Å². The molecule has 1 aliphatic heterocycles. The van der Waals surface area contributed by atoms with E-state index in [-0.39, 0.29) is 0 Å². The molecule has 1 aliphatic carbocycles. The molecule has 106 valence electrons. The van der Waals surface area contributed by atoms with Gasteiger partial charge >= 0.3 is 0 Å². The zero-order valence-electron chi connectivity index (χ0n) is 11.6. The monoisotopic (exact) mass is 335 g/mol. The van der Waals surface area contributed by atoms with Crippen LogP contribution in [0.5, 0.6) is 0 Å². The largest absolute Gasteiger partial charge is 0.342 e. The molecule has 0 unspecified atom stereocenters. The Hall–Kier alpha value is -1.17. The molecule has 2 aromatic heterocycles. The molecule has 0 aromatic carbocycles. The lowest BCUT2D eigenvalue weighted by atomic mass is 9.58. The lowest BCUT2D eigenvalue weighted by molar-refractivity contribution is 0.0378. The third kappa shape index (κ3) is 1.84. The van der Waals surface area contributed by atoms with Gasteiger partial charge in [0.1, 0.15) is 6.33 Å². The van der Waals surface area contributed by atoms with Crippen molar-refractivity contribution in [3.05, 3.63) is 17.0 Å². The summed E-state index contributed by atoms with van der Waals surface area (Å²) < 4.78 is 2.87. The Morgan fingerprint density at radius 1 is 1.30 bits per heavy atom. The number of hydrogen-bond acceptors (Lipinski definition) is 4. The van der Waals surface area contributed by atoms with Gasteiger partial charge in [0.2, 0.25) is 5.95 Å². The van der Waals surface area contributed by atoms with Crippen LogP contribution in [0.3, 0.4) is 0 Å². The number of halogens is 1. The zero-order valence-corrected chi connectivity index (χ0v) is 13.2. The van der Waals surface area contributed by atoms with E-state index in [4.69, 9.17) is 0 Å². The third-order valence-corrected chi connectivity index (χ3v) is 5.50. The molecule has 0 atom stereocenters. The smallest absolute Gasteiger partial charge is 0.212 e. The van der Waals surface area contributed by atoms with Crippen LogP contribution in [0.1, 0.15) is 32.6 Å². The predicted octanol–water partition coefficient (Wildman–Crippen LogP) is 2.90. The highest BCUT2D eigenvalue weighted by molar-refractivity contribution is 9.10. The quantitative estimate of drug-likeness (QED) is 0.803. The van der Waals surface area contributed by atoms with Gasteiger partial charge in [-0.3, -0.25) is 0 Å². The fourth-order valence-corrected chi connectivity index (χ4v) is 4.39. The maximum absolute atomic E-state index is 4.57. The molecule has 0 amide bonds. The van der Waals surface area contributed by atoms with E-state index >= 15 is 0 Å². The molecule has 1 saturated carbocycles. The van der Waals surface area contributed by atoms with Crippen LogP contribution >= 0.6 is 15.9 Å². The van der Waals surface area contributed by atoms with Crippen molar-refractivity contribution in [1.29, 1.82) is 0 Å². The average molecular weight is 336 g/mol. The third-order valence-electron chi connectivity index (χ3n) is 4.94. The second-order valence-corrected chi connectivity index (χ2v) is 7.29. The standard InChI is InChI=1S/C14H18BrN5/c1-10-6-14(7-10)2-4-19(5-3-14)13-16-8-11(15)12-18-17-9-20(12)13/h8-10H,2-7H2,1H3. The van der Waals surface area contributed by atoms with Crippen LogP contribution in [0.25, 0.3) is 5.65 Å². The first-order valence-corrected chi connectivity index (χ1v) is 8.05. The Bertz CT molecular complexity index is 636. The van der Waals surface area contributed by atoms with Gasteiger partial charge in [-0.15, -0.1) is 10.2 Å². The van der Waals surface area contributed by atoms with Crippen molar-refractivity contribution >= 4 is 27.5 Å². The Morgan fingerprint density at radius 3 is 2.75 bits per heavy atom. The summed E-state index contributed by atoms with van der Waals surface area (Å²) in [5.74, 6) is 1.90. The first-order valence-electron chi connectivity index (χ1n) is 7.26. The van der Waals surface area contributed by atoms with Gasteiger partial charge in [0.15, 0.2) is 5.65 Å². The van der Waals surface area contributed by atoms with E-state index < -0.39 is 0 Å². The Morgan fingerprint density at radius 2 is 2.05 bits per heavy atom. The summed E-state index contributed by atoms with van der Waals surface area (Å²) in [6, 6.07) is 0. The van der Waals surface area contributed by atoms with Gasteiger partial charge in [-0.1, -0.05) is 6.92 Å². The second-order valence-electron chi connectivity index (χ2n) is 6.43. The maximum Gasteiger partial charge on any atom is 0.212 e. The number of hydrogen-bond donors (Lipinski definition) is 0. The van der Waals surface area contributed by atoms with E-state index in [9.17, 15) is 0 Å². The van der Waals surface area contributed by atoms with Crippen molar-refractivity contribution in [3.63, 3.8) is 0 Å². The summed E-state index contributed by atoms with van der Waals surface area (Å²) in [4.78, 5) is 6.94. The number of rotatable bonds is 1. The van der Waals surface area contributed by atoms with Crippen LogP contribution in [-0.4, -0.2) is 32.7 Å². The van der Waals surface area contributed by atoms with Crippen LogP contribution in [0.4, 0.5) is 5.95 Å². The Kier molecular flexibility index (Phi) is 2.77. The van der Waals surface area contributed by atoms with Crippen LogP contribution in [-0.2, 0) is 0 Å². The zero-order chi connectivity index (χ0) is 13.7. The number of anilines is 1. The van der Waals surface area contributed by atoms with Crippen LogP contribution in [0.2, 0.25) is 0 Å². The summed E-state index contributed by atoms with van der Waals surface area (Å²) in [6.07, 6.45) is 8.98. The van der Waals surface area contributed by atoms with Crippen LogP contribution in [0.15, 0.2) is 17.0 Å². The number of aromatic nitrogens is 4. The lowest BCUT2D eigenvalue weighted by Gasteiger charge is -2.51. The fraction of sp³-hybridized carbons (Fsp3) is 0.643. The van der Waals surface area contributed by atoms with Gasteiger partial charge in [0.25, 0.3) is 0 Å². The highest BCUT2D eigenvalue weighted by atomic mass is 79.9. The fourth-order valence-electron chi connectivity index (χ4n) is 4.02. The van der Waals surface area contributed by atoms with Crippen molar-refractivity contribution in [2.75, 3.05) is 18.0 Å². The van der Waals surface area contributed by atoms with Gasteiger partial charge in [0, 0.05) is 19.3 Å². The molecule has 0 N–H and O–H groups in total. The summed E-state index contributed by atoms with van der Waals surface area (Å²) in [5, 5.41) is 8.14.